The molecule has 162 valence electrons. The zero-order valence-corrected chi connectivity index (χ0v) is 18.1. The van der Waals surface area contributed by atoms with E-state index in [9.17, 15) is 0 Å². The van der Waals surface area contributed by atoms with Gasteiger partial charge in [-0.1, -0.05) is 12.1 Å². The maximum absolute atomic E-state index is 5.67. The lowest BCUT2D eigenvalue weighted by atomic mass is 10.1. The van der Waals surface area contributed by atoms with Crippen molar-refractivity contribution >= 4 is 11.4 Å². The van der Waals surface area contributed by atoms with E-state index in [-0.39, 0.29) is 0 Å². The highest BCUT2D eigenvalue weighted by atomic mass is 16.5. The van der Waals surface area contributed by atoms with Gasteiger partial charge in [0, 0.05) is 55.2 Å². The molecule has 6 heteroatoms. The van der Waals surface area contributed by atoms with Gasteiger partial charge < -0.3 is 26.0 Å². The molecule has 0 atom stereocenters. The third-order valence-corrected chi connectivity index (χ3v) is 5.57. The van der Waals surface area contributed by atoms with Crippen molar-refractivity contribution in [2.45, 2.75) is 6.42 Å². The summed E-state index contributed by atoms with van der Waals surface area (Å²) in [5.41, 5.74) is 12.0. The van der Waals surface area contributed by atoms with Gasteiger partial charge >= 0.3 is 0 Å². The highest BCUT2D eigenvalue weighted by Gasteiger charge is 2.12. The largest absolute Gasteiger partial charge is 0.497 e. The summed E-state index contributed by atoms with van der Waals surface area (Å²) in [5, 5.41) is 6.90. The summed E-state index contributed by atoms with van der Waals surface area (Å²) in [6.45, 7) is 5.66. The molecule has 0 radical (unpaired) electrons. The van der Waals surface area contributed by atoms with Crippen molar-refractivity contribution in [3.8, 4) is 28.3 Å². The van der Waals surface area contributed by atoms with E-state index in [1.165, 1.54) is 5.69 Å². The fraction of sp³-hybridized carbons (Fsp3) is 0.320. The molecule has 0 saturated carbocycles. The average molecular weight is 418 g/mol. The van der Waals surface area contributed by atoms with Gasteiger partial charge in [-0.3, -0.25) is 0 Å². The molecule has 31 heavy (non-hydrogen) atoms. The smallest absolute Gasteiger partial charge is 0.118 e. The summed E-state index contributed by atoms with van der Waals surface area (Å²) >= 11 is 0. The first-order chi connectivity index (χ1) is 15.3. The first kappa shape index (κ1) is 21.2. The molecule has 3 aromatic rings. The van der Waals surface area contributed by atoms with Crippen molar-refractivity contribution in [1.29, 1.82) is 0 Å². The monoisotopic (exact) mass is 417 g/mol. The number of piperazine rings is 1. The van der Waals surface area contributed by atoms with Crippen molar-refractivity contribution in [3.05, 3.63) is 60.7 Å². The van der Waals surface area contributed by atoms with E-state index in [4.69, 9.17) is 15.5 Å². The van der Waals surface area contributed by atoms with Crippen LogP contribution in [0.3, 0.4) is 0 Å². The molecule has 1 aromatic heterocycles. The van der Waals surface area contributed by atoms with E-state index >= 15 is 0 Å². The molecule has 0 amide bonds. The second-order valence-corrected chi connectivity index (χ2v) is 7.71. The van der Waals surface area contributed by atoms with Gasteiger partial charge in [0.25, 0.3) is 0 Å². The van der Waals surface area contributed by atoms with Crippen molar-refractivity contribution in [2.75, 3.05) is 56.6 Å². The zero-order chi connectivity index (χ0) is 21.5. The predicted molar refractivity (Wildman–Crippen MR) is 129 cm³/mol. The summed E-state index contributed by atoms with van der Waals surface area (Å²) in [6, 6.07) is 21.0. The first-order valence-corrected chi connectivity index (χ1v) is 10.9. The third-order valence-electron chi connectivity index (χ3n) is 5.57. The molecular formula is C25H31N5O. The number of benzene rings is 2. The molecule has 1 saturated heterocycles. The van der Waals surface area contributed by atoms with Crippen LogP contribution in [0.1, 0.15) is 6.42 Å². The Morgan fingerprint density at radius 1 is 0.968 bits per heavy atom. The number of ether oxygens (including phenoxy) is 1. The average Bonchev–Trinajstić information content (AvgIpc) is 2.85. The highest BCUT2D eigenvalue weighted by molar-refractivity contribution is 5.73. The number of anilines is 2. The molecule has 2 aromatic carbocycles. The molecule has 0 bridgehead atoms. The Hall–Kier alpha value is -3.09. The third kappa shape index (κ3) is 5.34. The number of methoxy groups -OCH3 is 1. The van der Waals surface area contributed by atoms with Crippen LogP contribution in [0.2, 0.25) is 0 Å². The normalized spacial score (nSPS) is 13.8. The maximum atomic E-state index is 5.67. The van der Waals surface area contributed by atoms with Crippen molar-refractivity contribution in [3.63, 3.8) is 0 Å². The lowest BCUT2D eigenvalue weighted by molar-refractivity contribution is 0.415. The Morgan fingerprint density at radius 2 is 1.58 bits per heavy atom. The summed E-state index contributed by atoms with van der Waals surface area (Å²) in [4.78, 5) is 7.39. The van der Waals surface area contributed by atoms with Crippen LogP contribution in [0.15, 0.2) is 60.7 Å². The van der Waals surface area contributed by atoms with E-state index in [1.807, 2.05) is 24.3 Å². The summed E-state index contributed by atoms with van der Waals surface area (Å²) in [7, 11) is 1.68. The van der Waals surface area contributed by atoms with Gasteiger partial charge in [-0.05, 0) is 61.5 Å². The Labute approximate surface area is 184 Å². The van der Waals surface area contributed by atoms with Crippen molar-refractivity contribution < 1.29 is 4.74 Å². The topological polar surface area (TPSA) is 75.4 Å². The molecular weight excluding hydrogens is 386 g/mol. The number of nitrogens with two attached hydrogens (primary N) is 1. The molecule has 0 unspecified atom stereocenters. The van der Waals surface area contributed by atoms with E-state index in [0.717, 1.165) is 73.1 Å². The van der Waals surface area contributed by atoms with Gasteiger partial charge in [0.2, 0.25) is 0 Å². The van der Waals surface area contributed by atoms with E-state index in [0.29, 0.717) is 6.54 Å². The number of hydrogen-bond acceptors (Lipinski definition) is 6. The summed E-state index contributed by atoms with van der Waals surface area (Å²) in [6.07, 6.45) is 0.926. The van der Waals surface area contributed by atoms with Crippen LogP contribution in [-0.4, -0.2) is 51.4 Å². The van der Waals surface area contributed by atoms with Gasteiger partial charge in [0.15, 0.2) is 0 Å². The second-order valence-electron chi connectivity index (χ2n) is 7.71. The van der Waals surface area contributed by atoms with Crippen LogP contribution in [0.5, 0.6) is 5.75 Å². The predicted octanol–water partition coefficient (Wildman–Crippen LogP) is 3.59. The van der Waals surface area contributed by atoms with Crippen LogP contribution in [0.4, 0.5) is 11.4 Å². The number of nitrogens with one attached hydrogen (secondary N) is 2. The number of rotatable bonds is 8. The number of pyridine rings is 1. The van der Waals surface area contributed by atoms with Gasteiger partial charge in [-0.25, -0.2) is 4.98 Å². The fourth-order valence-corrected chi connectivity index (χ4v) is 3.79. The molecule has 0 aliphatic carbocycles. The van der Waals surface area contributed by atoms with Crippen LogP contribution in [0.25, 0.3) is 22.5 Å². The van der Waals surface area contributed by atoms with E-state index < -0.39 is 0 Å². The molecule has 4 N–H and O–H groups in total. The summed E-state index contributed by atoms with van der Waals surface area (Å²) in [5.74, 6) is 0.838. The molecule has 4 rings (SSSR count). The van der Waals surface area contributed by atoms with Crippen LogP contribution in [0, 0.1) is 0 Å². The maximum Gasteiger partial charge on any atom is 0.118 e. The van der Waals surface area contributed by atoms with Gasteiger partial charge in [0.05, 0.1) is 18.5 Å². The molecule has 0 spiro atoms. The Morgan fingerprint density at radius 3 is 2.16 bits per heavy atom. The Balaban J connectivity index is 1.63. The van der Waals surface area contributed by atoms with Gasteiger partial charge in [0.1, 0.15) is 5.75 Å². The Bertz CT molecular complexity index is 966. The van der Waals surface area contributed by atoms with E-state index in [2.05, 4.69) is 51.9 Å². The summed E-state index contributed by atoms with van der Waals surface area (Å²) < 4.78 is 5.30. The standard InChI is InChI=1S/C25H31N5O/c1-31-23-9-5-20(6-10-23)25-18-21(28-12-2-11-26)17-24(29-25)19-3-7-22(8-4-19)30-15-13-27-14-16-30/h3-10,17-18,27H,2,11-16,26H2,1H3,(H,28,29). The SMILES string of the molecule is COc1ccc(-c2cc(NCCCN)cc(-c3ccc(N4CCNCC4)cc3)n2)cc1. The van der Waals surface area contributed by atoms with Crippen LogP contribution in [-0.2, 0) is 0 Å². The Kier molecular flexibility index (Phi) is 7.02. The van der Waals surface area contributed by atoms with Crippen LogP contribution >= 0.6 is 0 Å². The number of aromatic nitrogens is 1. The minimum absolute atomic E-state index is 0.670. The molecule has 1 fully saturated rings. The quantitative estimate of drug-likeness (QED) is 0.486. The second kappa shape index (κ2) is 10.3. The van der Waals surface area contributed by atoms with Gasteiger partial charge in [-0.2, -0.15) is 0 Å². The highest BCUT2D eigenvalue weighted by Crippen LogP contribution is 2.29. The molecule has 1 aliphatic heterocycles. The molecule has 1 aliphatic rings. The van der Waals surface area contributed by atoms with Gasteiger partial charge in [-0.15, -0.1) is 0 Å². The van der Waals surface area contributed by atoms with E-state index in [1.54, 1.807) is 7.11 Å². The number of hydrogen-bond donors (Lipinski definition) is 3. The van der Waals surface area contributed by atoms with Crippen molar-refractivity contribution in [2.24, 2.45) is 5.73 Å². The lowest BCUT2D eigenvalue weighted by Crippen LogP contribution is -2.43. The molecule has 2 heterocycles. The van der Waals surface area contributed by atoms with Crippen molar-refractivity contribution in [1.82, 2.24) is 10.3 Å². The number of nitrogens with zero attached hydrogens (tertiary/aromatic N) is 2. The zero-order valence-electron chi connectivity index (χ0n) is 18.1. The minimum Gasteiger partial charge on any atom is -0.497 e. The lowest BCUT2D eigenvalue weighted by Gasteiger charge is -2.29. The first-order valence-electron chi connectivity index (χ1n) is 10.9. The molecule has 6 nitrogen and oxygen atoms in total. The van der Waals surface area contributed by atoms with Crippen LogP contribution < -0.4 is 26.0 Å². The minimum atomic E-state index is 0.670. The fourth-order valence-electron chi connectivity index (χ4n) is 3.79.